The Hall–Kier alpha value is -4.35. The Kier molecular flexibility index (Phi) is 13.4. The number of thioether (sulfide) groups is 1. The molecule has 14 nitrogen and oxygen atoms in total. The number of fused-ring (bicyclic) bond motifs is 1. The minimum atomic E-state index is -1.82. The molecule has 0 aliphatic heterocycles. The second-order valence-electron chi connectivity index (χ2n) is 13.8. The maximum Gasteiger partial charge on any atom is 0.251 e. The van der Waals surface area contributed by atoms with E-state index in [-0.39, 0.29) is 52.4 Å². The number of carbonyl (C=O) groups is 6. The van der Waals surface area contributed by atoms with Gasteiger partial charge in [0.15, 0.2) is 29.4 Å². The van der Waals surface area contributed by atoms with E-state index >= 15 is 0 Å². The lowest BCUT2D eigenvalue weighted by molar-refractivity contribution is -0.205. The van der Waals surface area contributed by atoms with Crippen molar-refractivity contribution in [3.63, 3.8) is 0 Å². The smallest absolute Gasteiger partial charge is 0.251 e. The number of hydrogen-bond acceptors (Lipinski definition) is 14. The van der Waals surface area contributed by atoms with E-state index in [0.717, 1.165) is 0 Å². The number of ketones is 5. The molecule has 0 aromatic heterocycles. The summed E-state index contributed by atoms with van der Waals surface area (Å²) in [4.78, 5) is 77.8. The molecule has 0 heterocycles. The molecule has 1 fully saturated rings. The van der Waals surface area contributed by atoms with E-state index in [9.17, 15) is 54.3 Å². The summed E-state index contributed by atoms with van der Waals surface area (Å²) in [6.45, 7) is 5.14. The van der Waals surface area contributed by atoms with Crippen molar-refractivity contribution in [1.82, 2.24) is 5.32 Å². The molecule has 294 valence electrons. The zero-order chi connectivity index (χ0) is 40.3. The lowest BCUT2D eigenvalue weighted by Gasteiger charge is -2.39. The minimum Gasteiger partial charge on any atom is -0.507 e. The van der Waals surface area contributed by atoms with Gasteiger partial charge >= 0.3 is 0 Å². The SMILES string of the molecule is CCSC1CC(=O)C(c2cccc(C(=O)NC[C@H](O)[C@H](C)OC(C)O[C@@H](C)C3C(CC(O)C(=O)CO)=C(O)C4=C(C(=O)c5ccccc5C4=O)C3O)c2)C1=O. The quantitative estimate of drug-likeness (QED) is 0.106. The van der Waals surface area contributed by atoms with Gasteiger partial charge in [0, 0.05) is 47.6 Å². The number of aliphatic hydroxyl groups excluding tert-OH is 5. The average molecular weight is 780 g/mol. The van der Waals surface area contributed by atoms with Gasteiger partial charge in [-0.15, -0.1) is 0 Å². The van der Waals surface area contributed by atoms with E-state index in [2.05, 4.69) is 5.32 Å². The molecule has 15 heteroatoms. The Morgan fingerprint density at radius 2 is 1.64 bits per heavy atom. The predicted molar refractivity (Wildman–Crippen MR) is 199 cm³/mol. The number of ether oxygens (including phenoxy) is 2. The van der Waals surface area contributed by atoms with Crippen LogP contribution in [-0.2, 0) is 23.9 Å². The molecule has 2 aromatic carbocycles. The van der Waals surface area contributed by atoms with Gasteiger partial charge in [0.1, 0.15) is 30.2 Å². The lowest BCUT2D eigenvalue weighted by atomic mass is 9.69. The van der Waals surface area contributed by atoms with Crippen molar-refractivity contribution in [3.05, 3.63) is 93.3 Å². The molecule has 0 bridgehead atoms. The van der Waals surface area contributed by atoms with Crippen LogP contribution in [-0.4, -0.2) is 121 Å². The predicted octanol–water partition coefficient (Wildman–Crippen LogP) is 2.17. The number of benzene rings is 2. The van der Waals surface area contributed by atoms with Crippen LogP contribution in [0, 0.1) is 5.92 Å². The molecule has 55 heavy (non-hydrogen) atoms. The van der Waals surface area contributed by atoms with E-state index in [1.807, 2.05) is 6.92 Å². The highest BCUT2D eigenvalue weighted by Gasteiger charge is 2.48. The van der Waals surface area contributed by atoms with Gasteiger partial charge in [-0.2, -0.15) is 11.8 Å². The first-order valence-corrected chi connectivity index (χ1v) is 19.1. The van der Waals surface area contributed by atoms with Crippen molar-refractivity contribution in [3.8, 4) is 0 Å². The zero-order valence-electron chi connectivity index (χ0n) is 30.8. The molecule has 6 unspecified atom stereocenters. The monoisotopic (exact) mass is 779 g/mol. The second kappa shape index (κ2) is 17.6. The van der Waals surface area contributed by atoms with Crippen molar-refractivity contribution in [2.24, 2.45) is 5.92 Å². The van der Waals surface area contributed by atoms with Crippen LogP contribution in [0.15, 0.2) is 71.0 Å². The van der Waals surface area contributed by atoms with Crippen LogP contribution in [0.1, 0.15) is 83.1 Å². The molecule has 2 aromatic rings. The molecule has 3 aliphatic rings. The van der Waals surface area contributed by atoms with Gasteiger partial charge in [-0.3, -0.25) is 28.8 Å². The standard InChI is InChI=1S/C40H45NO13S/c1-5-55-30-15-27(44)32(38(30)50)21-9-8-10-22(13-21)40(52)41-16-28(45)18(2)53-20(4)54-19(3)31-25(14-26(43)29(46)17-42)37(49)33-34(39(31)51)36(48)24-12-7-6-11-23(24)35(33)47/h6-13,18-20,26,28,30-32,39,42-43,45,49,51H,5,14-17H2,1-4H3,(H,41,52)/t18-,19-,20?,26?,28-,30?,31?,32?,39?/m0/s1. The highest BCUT2D eigenvalue weighted by molar-refractivity contribution is 8.00. The number of amides is 1. The number of rotatable bonds is 16. The zero-order valence-corrected chi connectivity index (χ0v) is 31.6. The third kappa shape index (κ3) is 8.58. The van der Waals surface area contributed by atoms with Crippen LogP contribution in [0.3, 0.4) is 0 Å². The van der Waals surface area contributed by atoms with Crippen molar-refractivity contribution < 1.29 is 63.8 Å². The van der Waals surface area contributed by atoms with Gasteiger partial charge in [-0.25, -0.2) is 0 Å². The molecule has 6 N–H and O–H groups in total. The molecule has 0 radical (unpaired) electrons. The Balaban J connectivity index is 1.25. The van der Waals surface area contributed by atoms with Gasteiger partial charge in [-0.05, 0) is 49.8 Å². The van der Waals surface area contributed by atoms with Crippen LogP contribution in [0.25, 0.3) is 0 Å². The fourth-order valence-electron chi connectivity index (χ4n) is 7.38. The lowest BCUT2D eigenvalue weighted by Crippen LogP contribution is -2.46. The molecule has 3 aliphatic carbocycles. The normalized spacial score (nSPS) is 23.9. The van der Waals surface area contributed by atoms with Crippen molar-refractivity contribution in [2.45, 2.75) is 88.5 Å². The van der Waals surface area contributed by atoms with Gasteiger partial charge in [-0.1, -0.05) is 43.3 Å². The number of allylic oxidation sites excluding steroid dienone is 1. The number of aliphatic hydroxyl groups is 5. The van der Waals surface area contributed by atoms with Crippen molar-refractivity contribution >= 4 is 46.6 Å². The number of carbonyl (C=O) groups excluding carboxylic acids is 6. The van der Waals surface area contributed by atoms with Crippen LogP contribution in [0.5, 0.6) is 0 Å². The van der Waals surface area contributed by atoms with Crippen LogP contribution >= 0.6 is 11.8 Å². The molecule has 5 rings (SSSR count). The highest BCUT2D eigenvalue weighted by atomic mass is 32.2. The summed E-state index contributed by atoms with van der Waals surface area (Å²) in [7, 11) is 0. The topological polar surface area (TPSA) is 234 Å². The summed E-state index contributed by atoms with van der Waals surface area (Å²) in [5.74, 6) is -5.54. The van der Waals surface area contributed by atoms with Crippen LogP contribution < -0.4 is 5.32 Å². The number of Topliss-reactive ketones (excluding diaryl/α,β-unsaturated/α-hetero) is 5. The summed E-state index contributed by atoms with van der Waals surface area (Å²) in [6, 6.07) is 12.2. The Morgan fingerprint density at radius 3 is 2.29 bits per heavy atom. The first-order chi connectivity index (χ1) is 26.1. The second-order valence-corrected chi connectivity index (χ2v) is 15.3. The Labute approximate surface area is 321 Å². The molecule has 9 atom stereocenters. The fraction of sp³-hybridized carbons (Fsp3) is 0.450. The molecular formula is C40H45NO13S. The van der Waals surface area contributed by atoms with Crippen LogP contribution in [0.4, 0.5) is 0 Å². The minimum absolute atomic E-state index is 0.00941. The maximum absolute atomic E-state index is 13.6. The van der Waals surface area contributed by atoms with E-state index < -0.39 is 102 Å². The summed E-state index contributed by atoms with van der Waals surface area (Å²) in [5, 5.41) is 56.0. The van der Waals surface area contributed by atoms with Gasteiger partial charge in [0.05, 0.1) is 35.2 Å². The van der Waals surface area contributed by atoms with Crippen molar-refractivity contribution in [1.29, 1.82) is 0 Å². The van der Waals surface area contributed by atoms with Gasteiger partial charge in [0.2, 0.25) is 0 Å². The molecule has 1 amide bonds. The Bertz CT molecular complexity index is 1940. The van der Waals surface area contributed by atoms with E-state index in [1.165, 1.54) is 62.9 Å². The van der Waals surface area contributed by atoms with Crippen LogP contribution in [0.2, 0.25) is 0 Å². The summed E-state index contributed by atoms with van der Waals surface area (Å²) >= 11 is 1.42. The molecule has 0 saturated heterocycles. The maximum atomic E-state index is 13.6. The van der Waals surface area contributed by atoms with E-state index in [4.69, 9.17) is 9.47 Å². The van der Waals surface area contributed by atoms with E-state index in [1.54, 1.807) is 18.2 Å². The Morgan fingerprint density at radius 1 is 0.964 bits per heavy atom. The highest BCUT2D eigenvalue weighted by Crippen LogP contribution is 2.44. The van der Waals surface area contributed by atoms with Crippen molar-refractivity contribution in [2.75, 3.05) is 18.9 Å². The largest absolute Gasteiger partial charge is 0.507 e. The summed E-state index contributed by atoms with van der Waals surface area (Å²) < 4.78 is 11.9. The average Bonchev–Trinajstić information content (AvgIpc) is 3.44. The third-order valence-electron chi connectivity index (χ3n) is 10.2. The first-order valence-electron chi connectivity index (χ1n) is 18.0. The third-order valence-corrected chi connectivity index (χ3v) is 11.3. The fourth-order valence-corrected chi connectivity index (χ4v) is 8.36. The number of nitrogens with one attached hydrogen (secondary N) is 1. The summed E-state index contributed by atoms with van der Waals surface area (Å²) in [5.41, 5.74) is -0.305. The van der Waals surface area contributed by atoms with E-state index in [0.29, 0.717) is 11.3 Å². The molecule has 0 spiro atoms. The number of hydrogen-bond donors (Lipinski definition) is 6. The van der Waals surface area contributed by atoms with Gasteiger partial charge in [0.25, 0.3) is 5.91 Å². The molecular weight excluding hydrogens is 735 g/mol. The summed E-state index contributed by atoms with van der Waals surface area (Å²) in [6.07, 6.45) is -8.41. The van der Waals surface area contributed by atoms with Gasteiger partial charge < -0.3 is 40.3 Å². The molecule has 1 saturated carbocycles. The first kappa shape index (κ1) is 41.8.